The molecule has 2 aliphatic rings. The molecule has 0 bridgehead atoms. The van der Waals surface area contributed by atoms with Crippen molar-refractivity contribution in [3.8, 4) is 5.75 Å². The maximum Gasteiger partial charge on any atom is 0.321 e. The molecule has 0 spiro atoms. The second kappa shape index (κ2) is 6.66. The largest absolute Gasteiger partial charge is 0.495 e. The zero-order chi connectivity index (χ0) is 19.1. The third kappa shape index (κ3) is 2.88. The predicted octanol–water partition coefficient (Wildman–Crippen LogP) is 1.73. The molecule has 1 N–H and O–H groups in total. The van der Waals surface area contributed by atoms with E-state index >= 15 is 0 Å². The molecule has 4 heterocycles. The summed E-state index contributed by atoms with van der Waals surface area (Å²) in [7, 11) is 1.60. The Bertz CT molecular complexity index is 1010. The van der Waals surface area contributed by atoms with Crippen LogP contribution in [0.5, 0.6) is 5.75 Å². The minimum Gasteiger partial charge on any atom is -0.495 e. The summed E-state index contributed by atoms with van der Waals surface area (Å²) in [5.74, 6) is 2.48. The van der Waals surface area contributed by atoms with Crippen molar-refractivity contribution in [3.63, 3.8) is 0 Å². The third-order valence-electron chi connectivity index (χ3n) is 5.59. The Labute approximate surface area is 161 Å². The molecular formula is C19H21N7O2. The number of benzene rings is 1. The van der Waals surface area contributed by atoms with Crippen molar-refractivity contribution >= 4 is 23.2 Å². The SMILES string of the molecule is COc1ccccc1NC(=O)N1CC2CN(c3ccc4nncn4n3)CC2C1. The van der Waals surface area contributed by atoms with Crippen LogP contribution >= 0.6 is 0 Å². The van der Waals surface area contributed by atoms with Gasteiger partial charge >= 0.3 is 6.03 Å². The van der Waals surface area contributed by atoms with Crippen LogP contribution in [0.25, 0.3) is 5.65 Å². The number of likely N-dealkylation sites (tertiary alicyclic amines) is 1. The van der Waals surface area contributed by atoms with Gasteiger partial charge in [0.25, 0.3) is 0 Å². The maximum atomic E-state index is 12.7. The van der Waals surface area contributed by atoms with Gasteiger partial charge in [-0.3, -0.25) is 0 Å². The van der Waals surface area contributed by atoms with E-state index in [1.165, 1.54) is 0 Å². The molecule has 0 aliphatic carbocycles. The zero-order valence-electron chi connectivity index (χ0n) is 15.5. The summed E-state index contributed by atoms with van der Waals surface area (Å²) in [5, 5.41) is 15.4. The average Bonchev–Trinajstić information content (AvgIpc) is 3.42. The summed E-state index contributed by atoms with van der Waals surface area (Å²) in [4.78, 5) is 16.9. The van der Waals surface area contributed by atoms with Gasteiger partial charge in [-0.15, -0.1) is 15.3 Å². The number of para-hydroxylation sites is 2. The second-order valence-corrected chi connectivity index (χ2v) is 7.29. The van der Waals surface area contributed by atoms with E-state index in [2.05, 4.69) is 25.5 Å². The number of rotatable bonds is 3. The van der Waals surface area contributed by atoms with Crippen LogP contribution in [0, 0.1) is 11.8 Å². The van der Waals surface area contributed by atoms with Gasteiger partial charge in [0.15, 0.2) is 5.65 Å². The number of hydrogen-bond donors (Lipinski definition) is 1. The summed E-state index contributed by atoms with van der Waals surface area (Å²) in [6.07, 6.45) is 1.61. The van der Waals surface area contributed by atoms with Crippen molar-refractivity contribution in [2.45, 2.75) is 0 Å². The summed E-state index contributed by atoms with van der Waals surface area (Å²) in [6.45, 7) is 3.28. The van der Waals surface area contributed by atoms with Crippen molar-refractivity contribution in [1.29, 1.82) is 0 Å². The molecule has 2 saturated heterocycles. The Morgan fingerprint density at radius 1 is 1.11 bits per heavy atom. The lowest BCUT2D eigenvalue weighted by Gasteiger charge is -2.23. The zero-order valence-corrected chi connectivity index (χ0v) is 15.5. The van der Waals surface area contributed by atoms with Gasteiger partial charge in [0.1, 0.15) is 17.9 Å². The van der Waals surface area contributed by atoms with Crippen molar-refractivity contribution in [2.75, 3.05) is 43.5 Å². The molecule has 3 aromatic rings. The Balaban J connectivity index is 1.23. The van der Waals surface area contributed by atoms with Crippen molar-refractivity contribution in [3.05, 3.63) is 42.7 Å². The van der Waals surface area contributed by atoms with E-state index in [4.69, 9.17) is 4.74 Å². The Morgan fingerprint density at radius 3 is 2.68 bits per heavy atom. The first kappa shape index (κ1) is 16.8. The number of amides is 2. The number of carbonyl (C=O) groups is 1. The van der Waals surface area contributed by atoms with Crippen LogP contribution in [0.15, 0.2) is 42.7 Å². The highest BCUT2D eigenvalue weighted by Gasteiger charge is 2.42. The van der Waals surface area contributed by atoms with Crippen LogP contribution in [-0.4, -0.2) is 64.0 Å². The molecule has 28 heavy (non-hydrogen) atoms. The van der Waals surface area contributed by atoms with Gasteiger partial charge in [0.05, 0.1) is 12.8 Å². The Hall–Kier alpha value is -3.36. The van der Waals surface area contributed by atoms with Crippen LogP contribution < -0.4 is 15.0 Å². The number of carbonyl (C=O) groups excluding carboxylic acids is 1. The van der Waals surface area contributed by atoms with E-state index < -0.39 is 0 Å². The number of ether oxygens (including phenoxy) is 1. The monoisotopic (exact) mass is 379 g/mol. The number of aromatic nitrogens is 4. The summed E-state index contributed by atoms with van der Waals surface area (Å²) in [5.41, 5.74) is 1.43. The van der Waals surface area contributed by atoms with Gasteiger partial charge in [-0.25, -0.2) is 4.79 Å². The molecule has 2 unspecified atom stereocenters. The Morgan fingerprint density at radius 2 is 1.89 bits per heavy atom. The van der Waals surface area contributed by atoms with Gasteiger partial charge in [-0.1, -0.05) is 12.1 Å². The van der Waals surface area contributed by atoms with Crippen molar-refractivity contribution in [1.82, 2.24) is 24.7 Å². The number of urea groups is 1. The molecule has 0 saturated carbocycles. The quantitative estimate of drug-likeness (QED) is 0.746. The van der Waals surface area contributed by atoms with Gasteiger partial charge < -0.3 is 19.9 Å². The third-order valence-corrected chi connectivity index (χ3v) is 5.59. The minimum absolute atomic E-state index is 0.0746. The molecule has 2 aliphatic heterocycles. The van der Waals surface area contributed by atoms with E-state index in [-0.39, 0.29) is 6.03 Å². The summed E-state index contributed by atoms with van der Waals surface area (Å²) < 4.78 is 7.00. The number of fused-ring (bicyclic) bond motifs is 2. The minimum atomic E-state index is -0.0746. The molecule has 9 nitrogen and oxygen atoms in total. The smallest absolute Gasteiger partial charge is 0.321 e. The highest BCUT2D eigenvalue weighted by Crippen LogP contribution is 2.34. The lowest BCUT2D eigenvalue weighted by atomic mass is 10.0. The molecule has 2 amide bonds. The first-order chi connectivity index (χ1) is 13.7. The fourth-order valence-corrected chi connectivity index (χ4v) is 4.18. The van der Waals surface area contributed by atoms with Crippen LogP contribution in [0.2, 0.25) is 0 Å². The van der Waals surface area contributed by atoms with Gasteiger partial charge in [-0.05, 0) is 24.3 Å². The Kier molecular flexibility index (Phi) is 4.00. The number of nitrogens with zero attached hydrogens (tertiary/aromatic N) is 6. The van der Waals surface area contributed by atoms with Gasteiger partial charge in [0.2, 0.25) is 0 Å². The normalized spacial score (nSPS) is 21.2. The maximum absolute atomic E-state index is 12.7. The van der Waals surface area contributed by atoms with Crippen molar-refractivity contribution in [2.24, 2.45) is 11.8 Å². The number of hydrogen-bond acceptors (Lipinski definition) is 6. The van der Waals surface area contributed by atoms with Gasteiger partial charge in [0, 0.05) is 38.0 Å². The lowest BCUT2D eigenvalue weighted by molar-refractivity contribution is 0.219. The molecule has 0 radical (unpaired) electrons. The number of nitrogens with one attached hydrogen (secondary N) is 1. The topological polar surface area (TPSA) is 87.9 Å². The average molecular weight is 379 g/mol. The number of anilines is 2. The van der Waals surface area contributed by atoms with E-state index in [0.717, 1.165) is 37.6 Å². The first-order valence-electron chi connectivity index (χ1n) is 9.32. The standard InChI is InChI=1S/C19H21N7O2/c1-28-16-5-3-2-4-15(16)21-19(27)25-10-13-8-24(9-14(13)11-25)18-7-6-17-22-20-12-26(17)23-18/h2-7,12-14H,8-11H2,1H3,(H,21,27). The fraction of sp³-hybridized carbons (Fsp3) is 0.368. The van der Waals surface area contributed by atoms with E-state index in [1.807, 2.05) is 41.3 Å². The van der Waals surface area contributed by atoms with E-state index in [1.54, 1.807) is 18.0 Å². The predicted molar refractivity (Wildman–Crippen MR) is 104 cm³/mol. The van der Waals surface area contributed by atoms with Crippen LogP contribution in [-0.2, 0) is 0 Å². The van der Waals surface area contributed by atoms with Crippen LogP contribution in [0.3, 0.4) is 0 Å². The van der Waals surface area contributed by atoms with E-state index in [9.17, 15) is 4.79 Å². The molecule has 5 rings (SSSR count). The lowest BCUT2D eigenvalue weighted by Crippen LogP contribution is -2.36. The molecule has 9 heteroatoms. The summed E-state index contributed by atoms with van der Waals surface area (Å²) >= 11 is 0. The molecular weight excluding hydrogens is 358 g/mol. The highest BCUT2D eigenvalue weighted by molar-refractivity contribution is 5.91. The summed E-state index contributed by atoms with van der Waals surface area (Å²) in [6, 6.07) is 11.3. The highest BCUT2D eigenvalue weighted by atomic mass is 16.5. The molecule has 2 atom stereocenters. The first-order valence-corrected chi connectivity index (χ1v) is 9.32. The van der Waals surface area contributed by atoms with Gasteiger partial charge in [-0.2, -0.15) is 4.52 Å². The molecule has 2 aromatic heterocycles. The van der Waals surface area contributed by atoms with E-state index in [0.29, 0.717) is 23.3 Å². The molecule has 1 aromatic carbocycles. The second-order valence-electron chi connectivity index (χ2n) is 7.29. The number of methoxy groups -OCH3 is 1. The van der Waals surface area contributed by atoms with Crippen molar-refractivity contribution < 1.29 is 9.53 Å². The van der Waals surface area contributed by atoms with Crippen LogP contribution in [0.1, 0.15) is 0 Å². The molecule has 144 valence electrons. The van der Waals surface area contributed by atoms with Crippen LogP contribution in [0.4, 0.5) is 16.3 Å². The molecule has 2 fully saturated rings. The fourth-order valence-electron chi connectivity index (χ4n) is 4.18.